The molecular weight excluding hydrogens is 685 g/mol. The van der Waals surface area contributed by atoms with E-state index in [2.05, 4.69) is 34.6 Å². The highest BCUT2D eigenvalue weighted by atomic mass is 16.6. The Labute approximate surface area is 342 Å². The fourth-order valence-electron chi connectivity index (χ4n) is 7.22. The summed E-state index contributed by atoms with van der Waals surface area (Å²) in [7, 11) is 0. The maximum atomic E-state index is 12.7. The fraction of sp³-hybridized carbons (Fsp3) is 0.939. The molecule has 0 spiro atoms. The lowest BCUT2D eigenvalue weighted by Crippen LogP contribution is -2.30. The molecule has 0 aromatic rings. The van der Waals surface area contributed by atoms with Crippen molar-refractivity contribution >= 4 is 17.9 Å². The molecule has 6 nitrogen and oxygen atoms in total. The van der Waals surface area contributed by atoms with E-state index in [0.717, 1.165) is 69.6 Å². The molecule has 0 rings (SSSR count). The van der Waals surface area contributed by atoms with Crippen molar-refractivity contribution < 1.29 is 28.6 Å². The van der Waals surface area contributed by atoms with Crippen LogP contribution in [0.15, 0.2) is 0 Å². The van der Waals surface area contributed by atoms with E-state index in [4.69, 9.17) is 14.2 Å². The average Bonchev–Trinajstić information content (AvgIpc) is 3.18. The summed E-state index contributed by atoms with van der Waals surface area (Å²) in [6.45, 7) is 11.4. The third-order valence-corrected chi connectivity index (χ3v) is 11.7. The van der Waals surface area contributed by atoms with Crippen LogP contribution in [0, 0.1) is 11.8 Å². The maximum Gasteiger partial charge on any atom is 0.306 e. The zero-order chi connectivity index (χ0) is 40.5. The molecule has 0 aliphatic carbocycles. The second kappa shape index (κ2) is 42.0. The quantitative estimate of drug-likeness (QED) is 0.0348. The predicted molar refractivity (Wildman–Crippen MR) is 233 cm³/mol. The minimum atomic E-state index is -0.761. The third kappa shape index (κ3) is 40.4. The monoisotopic (exact) mass is 779 g/mol. The zero-order valence-corrected chi connectivity index (χ0v) is 37.6. The van der Waals surface area contributed by atoms with Crippen LogP contribution in [0.25, 0.3) is 0 Å². The summed E-state index contributed by atoms with van der Waals surface area (Å²) < 4.78 is 16.7. The molecule has 0 heterocycles. The van der Waals surface area contributed by atoms with E-state index in [1.165, 1.54) is 154 Å². The van der Waals surface area contributed by atoms with Crippen LogP contribution in [0.5, 0.6) is 0 Å². The molecule has 0 aromatic heterocycles. The van der Waals surface area contributed by atoms with E-state index in [1.807, 2.05) is 0 Å². The molecule has 6 heteroatoms. The first-order valence-electron chi connectivity index (χ1n) is 24.3. The topological polar surface area (TPSA) is 78.9 Å². The average molecular weight is 779 g/mol. The summed E-state index contributed by atoms with van der Waals surface area (Å²) in [4.78, 5) is 37.7. The lowest BCUT2D eigenvalue weighted by atomic mass is 9.99. The van der Waals surface area contributed by atoms with Crippen molar-refractivity contribution in [3.8, 4) is 0 Å². The van der Waals surface area contributed by atoms with Gasteiger partial charge in [-0.2, -0.15) is 0 Å². The number of hydrogen-bond donors (Lipinski definition) is 0. The molecule has 0 bridgehead atoms. The van der Waals surface area contributed by atoms with Crippen LogP contribution in [0.3, 0.4) is 0 Å². The van der Waals surface area contributed by atoms with E-state index >= 15 is 0 Å². The van der Waals surface area contributed by atoms with Gasteiger partial charge in [0, 0.05) is 19.3 Å². The van der Waals surface area contributed by atoms with E-state index in [0.29, 0.717) is 19.3 Å². The van der Waals surface area contributed by atoms with Gasteiger partial charge in [-0.1, -0.05) is 227 Å². The van der Waals surface area contributed by atoms with Gasteiger partial charge in [-0.3, -0.25) is 14.4 Å². The van der Waals surface area contributed by atoms with Crippen LogP contribution >= 0.6 is 0 Å². The van der Waals surface area contributed by atoms with Gasteiger partial charge in [0.2, 0.25) is 0 Å². The Morgan fingerprint density at radius 1 is 0.364 bits per heavy atom. The van der Waals surface area contributed by atoms with Crippen molar-refractivity contribution in [3.63, 3.8) is 0 Å². The Morgan fingerprint density at radius 3 is 0.945 bits per heavy atom. The molecule has 0 aliphatic rings. The zero-order valence-electron chi connectivity index (χ0n) is 37.6. The normalized spacial score (nSPS) is 13.0. The molecule has 0 radical (unpaired) electrons. The second-order valence-electron chi connectivity index (χ2n) is 17.2. The van der Waals surface area contributed by atoms with Gasteiger partial charge in [0.1, 0.15) is 13.2 Å². The van der Waals surface area contributed by atoms with Crippen LogP contribution in [0.1, 0.15) is 266 Å². The van der Waals surface area contributed by atoms with Gasteiger partial charge in [0.25, 0.3) is 0 Å². The minimum Gasteiger partial charge on any atom is -0.462 e. The summed E-state index contributed by atoms with van der Waals surface area (Å²) in [5, 5.41) is 0. The number of carbonyl (C=O) groups excluding carboxylic acids is 3. The van der Waals surface area contributed by atoms with Gasteiger partial charge in [0.15, 0.2) is 6.10 Å². The van der Waals surface area contributed by atoms with Gasteiger partial charge in [-0.05, 0) is 31.1 Å². The molecule has 0 saturated carbocycles. The number of unbranched alkanes of at least 4 members (excludes halogenated alkanes) is 26. The second-order valence-corrected chi connectivity index (χ2v) is 17.2. The first-order chi connectivity index (χ1) is 26.8. The van der Waals surface area contributed by atoms with Crippen molar-refractivity contribution in [2.24, 2.45) is 11.8 Å². The number of hydrogen-bond acceptors (Lipinski definition) is 6. The standard InChI is InChI=1S/C49H94O6/c1-6-9-10-11-12-19-23-29-34-39-47(50)53-42-46(43-54-48(51)40-35-30-26-25-28-33-38-45(5)8-3)55-49(52)41-36-31-24-21-18-16-14-13-15-17-20-22-27-32-37-44(4)7-2/h44-46H,6-43H2,1-5H3/t44?,45?,46-/m1/s1. The van der Waals surface area contributed by atoms with Crippen LogP contribution in [0.4, 0.5) is 0 Å². The van der Waals surface area contributed by atoms with Gasteiger partial charge < -0.3 is 14.2 Å². The Morgan fingerprint density at radius 2 is 0.636 bits per heavy atom. The summed E-state index contributed by atoms with van der Waals surface area (Å²) in [5.74, 6) is 0.850. The predicted octanol–water partition coefficient (Wildman–Crippen LogP) is 15.4. The molecule has 0 aromatic carbocycles. The van der Waals surface area contributed by atoms with Crippen LogP contribution in [0.2, 0.25) is 0 Å². The summed E-state index contributed by atoms with van der Waals surface area (Å²) in [5.41, 5.74) is 0. The molecular formula is C49H94O6. The van der Waals surface area contributed by atoms with E-state index in [1.54, 1.807) is 0 Å². The summed E-state index contributed by atoms with van der Waals surface area (Å²) in [6, 6.07) is 0. The molecule has 0 aliphatic heterocycles. The maximum absolute atomic E-state index is 12.7. The Hall–Kier alpha value is -1.59. The van der Waals surface area contributed by atoms with E-state index in [-0.39, 0.29) is 31.1 Å². The smallest absolute Gasteiger partial charge is 0.306 e. The molecule has 55 heavy (non-hydrogen) atoms. The van der Waals surface area contributed by atoms with Crippen LogP contribution < -0.4 is 0 Å². The Bertz CT molecular complexity index is 843. The number of esters is 3. The molecule has 0 N–H and O–H groups in total. The molecule has 0 saturated heterocycles. The Balaban J connectivity index is 4.26. The lowest BCUT2D eigenvalue weighted by Gasteiger charge is -2.18. The number of ether oxygens (including phenoxy) is 3. The van der Waals surface area contributed by atoms with Gasteiger partial charge in [-0.25, -0.2) is 0 Å². The molecule has 0 amide bonds. The summed E-state index contributed by atoms with van der Waals surface area (Å²) in [6.07, 6.45) is 40.9. The highest BCUT2D eigenvalue weighted by Crippen LogP contribution is 2.18. The van der Waals surface area contributed by atoms with Gasteiger partial charge in [-0.15, -0.1) is 0 Å². The van der Waals surface area contributed by atoms with Crippen molar-refractivity contribution in [1.82, 2.24) is 0 Å². The first-order valence-corrected chi connectivity index (χ1v) is 24.3. The van der Waals surface area contributed by atoms with Crippen LogP contribution in [-0.2, 0) is 28.6 Å². The fourth-order valence-corrected chi connectivity index (χ4v) is 7.22. The highest BCUT2D eigenvalue weighted by molar-refractivity contribution is 5.71. The molecule has 0 fully saturated rings. The largest absolute Gasteiger partial charge is 0.462 e. The van der Waals surface area contributed by atoms with Gasteiger partial charge >= 0.3 is 17.9 Å². The van der Waals surface area contributed by atoms with Crippen molar-refractivity contribution in [2.75, 3.05) is 13.2 Å². The lowest BCUT2D eigenvalue weighted by molar-refractivity contribution is -0.167. The molecule has 3 atom stereocenters. The SMILES string of the molecule is CCCCCCCCCCCC(=O)OC[C@H](COC(=O)CCCCCCCCC(C)CC)OC(=O)CCCCCCCCCCCCCCCCC(C)CC. The molecule has 2 unspecified atom stereocenters. The Kier molecular flexibility index (Phi) is 40.8. The van der Waals surface area contributed by atoms with Gasteiger partial charge in [0.05, 0.1) is 0 Å². The minimum absolute atomic E-state index is 0.0652. The number of carbonyl (C=O) groups is 3. The van der Waals surface area contributed by atoms with Crippen molar-refractivity contribution in [3.05, 3.63) is 0 Å². The highest BCUT2D eigenvalue weighted by Gasteiger charge is 2.19. The third-order valence-electron chi connectivity index (χ3n) is 11.7. The van der Waals surface area contributed by atoms with Crippen molar-refractivity contribution in [1.29, 1.82) is 0 Å². The summed E-state index contributed by atoms with van der Waals surface area (Å²) >= 11 is 0. The number of rotatable bonds is 43. The van der Waals surface area contributed by atoms with E-state index < -0.39 is 6.10 Å². The first kappa shape index (κ1) is 53.4. The molecule has 326 valence electrons. The van der Waals surface area contributed by atoms with Crippen molar-refractivity contribution in [2.45, 2.75) is 272 Å². The van der Waals surface area contributed by atoms with Crippen LogP contribution in [-0.4, -0.2) is 37.2 Å². The van der Waals surface area contributed by atoms with E-state index in [9.17, 15) is 14.4 Å².